The maximum Gasteiger partial charge on any atom is 0.336 e. The number of benzene rings is 1. The first-order valence-corrected chi connectivity index (χ1v) is 7.97. The van der Waals surface area contributed by atoms with E-state index >= 15 is 0 Å². The molecule has 0 amide bonds. The van der Waals surface area contributed by atoms with E-state index in [1.165, 1.54) is 13.2 Å². The van der Waals surface area contributed by atoms with Crippen molar-refractivity contribution in [1.29, 1.82) is 0 Å². The fourth-order valence-corrected chi connectivity index (χ4v) is 3.24. The molecule has 2 heterocycles. The number of likely N-dealkylation sites (tertiary alicyclic amines) is 1. The van der Waals surface area contributed by atoms with E-state index in [4.69, 9.17) is 20.8 Å². The zero-order valence-corrected chi connectivity index (χ0v) is 14.9. The van der Waals surface area contributed by atoms with Gasteiger partial charge in [0.05, 0.1) is 13.0 Å². The van der Waals surface area contributed by atoms with Crippen LogP contribution in [0.2, 0.25) is 5.02 Å². The number of halogens is 2. The summed E-state index contributed by atoms with van der Waals surface area (Å²) in [4.78, 5) is 25.5. The standard InChI is InChI=1S/C17H18ClNO4.ClH/c1-22-17(21)11-4-6-19(7-5-11)10-12-8-16(20)23-15-3-2-13(18)9-14(12)15;/h2-3,8-9,11H,4-7,10H2,1H3;1H. The van der Waals surface area contributed by atoms with Gasteiger partial charge in [-0.1, -0.05) is 11.6 Å². The summed E-state index contributed by atoms with van der Waals surface area (Å²) in [7, 11) is 1.42. The molecule has 1 saturated heterocycles. The van der Waals surface area contributed by atoms with Crippen LogP contribution in [0.15, 0.2) is 33.5 Å². The van der Waals surface area contributed by atoms with Crippen LogP contribution < -0.4 is 5.63 Å². The van der Waals surface area contributed by atoms with Gasteiger partial charge in [0.1, 0.15) is 5.58 Å². The van der Waals surface area contributed by atoms with Crippen LogP contribution in [0.25, 0.3) is 11.0 Å². The van der Waals surface area contributed by atoms with Gasteiger partial charge in [-0.25, -0.2) is 4.79 Å². The second-order valence-corrected chi connectivity index (χ2v) is 6.24. The molecule has 1 aromatic heterocycles. The Morgan fingerprint density at radius 1 is 1.33 bits per heavy atom. The first kappa shape index (κ1) is 18.8. The summed E-state index contributed by atoms with van der Waals surface area (Å²) in [6, 6.07) is 6.76. The van der Waals surface area contributed by atoms with Crippen molar-refractivity contribution in [3.05, 3.63) is 45.3 Å². The number of carbonyl (C=O) groups is 1. The normalized spacial score (nSPS) is 15.9. The molecular formula is C17H19Cl2NO4. The maximum absolute atomic E-state index is 11.7. The number of nitrogens with zero attached hydrogens (tertiary/aromatic N) is 1. The van der Waals surface area contributed by atoms with Gasteiger partial charge in [-0.3, -0.25) is 9.69 Å². The molecule has 5 nitrogen and oxygen atoms in total. The minimum atomic E-state index is -0.362. The van der Waals surface area contributed by atoms with Crippen LogP contribution >= 0.6 is 24.0 Å². The summed E-state index contributed by atoms with van der Waals surface area (Å²) in [6.45, 7) is 2.22. The fourth-order valence-electron chi connectivity index (χ4n) is 3.07. The quantitative estimate of drug-likeness (QED) is 0.612. The Balaban J connectivity index is 0.00000208. The topological polar surface area (TPSA) is 59.8 Å². The van der Waals surface area contributed by atoms with Crippen molar-refractivity contribution in [1.82, 2.24) is 4.90 Å². The van der Waals surface area contributed by atoms with E-state index in [0.29, 0.717) is 17.2 Å². The second-order valence-electron chi connectivity index (χ2n) is 5.80. The van der Waals surface area contributed by atoms with Crippen LogP contribution in [0.3, 0.4) is 0 Å². The minimum absolute atomic E-state index is 0. The molecule has 0 saturated carbocycles. The molecule has 1 aliphatic heterocycles. The van der Waals surface area contributed by atoms with Gasteiger partial charge >= 0.3 is 11.6 Å². The number of rotatable bonds is 3. The zero-order valence-electron chi connectivity index (χ0n) is 13.3. The van der Waals surface area contributed by atoms with Crippen molar-refractivity contribution < 1.29 is 13.9 Å². The first-order chi connectivity index (χ1) is 11.1. The van der Waals surface area contributed by atoms with Crippen LogP contribution in [0.1, 0.15) is 18.4 Å². The second kappa shape index (κ2) is 8.01. The lowest BCUT2D eigenvalue weighted by atomic mass is 9.96. The Morgan fingerprint density at radius 3 is 2.71 bits per heavy atom. The molecule has 0 atom stereocenters. The molecule has 0 unspecified atom stereocenters. The predicted octanol–water partition coefficient (Wildman–Crippen LogP) is 3.25. The summed E-state index contributed by atoms with van der Waals surface area (Å²) in [5, 5.41) is 1.46. The summed E-state index contributed by atoms with van der Waals surface area (Å²) in [5.74, 6) is -0.162. The predicted molar refractivity (Wildman–Crippen MR) is 94.8 cm³/mol. The highest BCUT2D eigenvalue weighted by molar-refractivity contribution is 6.31. The van der Waals surface area contributed by atoms with Gasteiger partial charge in [-0.15, -0.1) is 12.4 Å². The lowest BCUT2D eigenvalue weighted by molar-refractivity contribution is -0.147. The number of hydrogen-bond acceptors (Lipinski definition) is 5. The van der Waals surface area contributed by atoms with E-state index in [9.17, 15) is 9.59 Å². The third kappa shape index (κ3) is 4.09. The van der Waals surface area contributed by atoms with Gasteiger partial charge < -0.3 is 9.15 Å². The first-order valence-electron chi connectivity index (χ1n) is 7.59. The number of esters is 1. The summed E-state index contributed by atoms with van der Waals surface area (Å²) in [5.41, 5.74) is 1.08. The number of methoxy groups -OCH3 is 1. The Kier molecular flexibility index (Phi) is 6.27. The number of piperidine rings is 1. The number of carbonyl (C=O) groups excluding carboxylic acids is 1. The highest BCUT2D eigenvalue weighted by atomic mass is 35.5. The van der Waals surface area contributed by atoms with Crippen LogP contribution in [0, 0.1) is 5.92 Å². The Labute approximate surface area is 150 Å². The SMILES string of the molecule is COC(=O)C1CCN(Cc2cc(=O)oc3ccc(Cl)cc23)CC1.Cl. The average Bonchev–Trinajstić information content (AvgIpc) is 2.55. The molecule has 1 aromatic carbocycles. The lowest BCUT2D eigenvalue weighted by Gasteiger charge is -2.30. The van der Waals surface area contributed by atoms with Crippen molar-refractivity contribution in [2.75, 3.05) is 20.2 Å². The Bertz CT molecular complexity index is 782. The molecule has 0 N–H and O–H groups in total. The molecule has 7 heteroatoms. The van der Waals surface area contributed by atoms with Gasteiger partial charge in [0.25, 0.3) is 0 Å². The van der Waals surface area contributed by atoms with E-state index in [1.54, 1.807) is 12.1 Å². The van der Waals surface area contributed by atoms with E-state index in [0.717, 1.165) is 36.9 Å². The zero-order chi connectivity index (χ0) is 16.4. The molecule has 2 aromatic rings. The van der Waals surface area contributed by atoms with Crippen LogP contribution in [-0.2, 0) is 16.1 Å². The molecular weight excluding hydrogens is 353 g/mol. The summed E-state index contributed by atoms with van der Waals surface area (Å²) < 4.78 is 10.0. The smallest absolute Gasteiger partial charge is 0.336 e. The number of ether oxygens (including phenoxy) is 1. The highest BCUT2D eigenvalue weighted by Gasteiger charge is 2.25. The molecule has 24 heavy (non-hydrogen) atoms. The maximum atomic E-state index is 11.7. The number of fused-ring (bicyclic) bond motifs is 1. The monoisotopic (exact) mass is 371 g/mol. The van der Waals surface area contributed by atoms with E-state index in [-0.39, 0.29) is 29.9 Å². The highest BCUT2D eigenvalue weighted by Crippen LogP contribution is 2.25. The summed E-state index contributed by atoms with van der Waals surface area (Å²) >= 11 is 6.06. The van der Waals surface area contributed by atoms with Crippen molar-refractivity contribution in [3.8, 4) is 0 Å². The van der Waals surface area contributed by atoms with Crippen molar-refractivity contribution in [2.24, 2.45) is 5.92 Å². The van der Waals surface area contributed by atoms with Crippen molar-refractivity contribution in [2.45, 2.75) is 19.4 Å². The molecule has 1 fully saturated rings. The molecule has 3 rings (SSSR count). The Hall–Kier alpha value is -1.56. The average molecular weight is 372 g/mol. The lowest BCUT2D eigenvalue weighted by Crippen LogP contribution is -2.36. The van der Waals surface area contributed by atoms with E-state index < -0.39 is 0 Å². The number of hydrogen-bond donors (Lipinski definition) is 0. The van der Waals surface area contributed by atoms with Gasteiger partial charge in [0.2, 0.25) is 0 Å². The third-order valence-corrected chi connectivity index (χ3v) is 4.54. The van der Waals surface area contributed by atoms with E-state index in [1.807, 2.05) is 6.07 Å². The molecule has 0 spiro atoms. The third-order valence-electron chi connectivity index (χ3n) is 4.31. The summed E-state index contributed by atoms with van der Waals surface area (Å²) in [6.07, 6.45) is 1.54. The Morgan fingerprint density at radius 2 is 2.04 bits per heavy atom. The molecule has 0 radical (unpaired) electrons. The van der Waals surface area contributed by atoms with Gasteiger partial charge in [0.15, 0.2) is 0 Å². The molecule has 0 bridgehead atoms. The van der Waals surface area contributed by atoms with Crippen LogP contribution in [0.4, 0.5) is 0 Å². The molecule has 130 valence electrons. The van der Waals surface area contributed by atoms with Crippen molar-refractivity contribution in [3.63, 3.8) is 0 Å². The van der Waals surface area contributed by atoms with Crippen LogP contribution in [0.5, 0.6) is 0 Å². The van der Waals surface area contributed by atoms with Gasteiger partial charge in [0, 0.05) is 23.0 Å². The van der Waals surface area contributed by atoms with Gasteiger partial charge in [-0.05, 0) is 49.7 Å². The molecule has 0 aliphatic carbocycles. The van der Waals surface area contributed by atoms with Gasteiger partial charge in [-0.2, -0.15) is 0 Å². The fraction of sp³-hybridized carbons (Fsp3) is 0.412. The minimum Gasteiger partial charge on any atom is -0.469 e. The van der Waals surface area contributed by atoms with E-state index in [2.05, 4.69) is 4.90 Å². The van der Waals surface area contributed by atoms with Crippen molar-refractivity contribution >= 4 is 40.9 Å². The van der Waals surface area contributed by atoms with Crippen LogP contribution in [-0.4, -0.2) is 31.1 Å². The molecule has 1 aliphatic rings. The largest absolute Gasteiger partial charge is 0.469 e.